The van der Waals surface area contributed by atoms with E-state index >= 15 is 0 Å². The molecule has 6 heteroatoms. The first-order valence-electron chi connectivity index (χ1n) is 7.68. The minimum atomic E-state index is -0.845. The number of hydrogen-bond acceptors (Lipinski definition) is 6. The summed E-state index contributed by atoms with van der Waals surface area (Å²) in [5.41, 5.74) is 8.98. The van der Waals surface area contributed by atoms with Crippen molar-refractivity contribution in [2.45, 2.75) is 12.3 Å². The molecule has 0 saturated heterocycles. The minimum Gasteiger partial charge on any atom is -0.466 e. The van der Waals surface area contributed by atoms with Gasteiger partial charge in [0.25, 0.3) is 6.41 Å². The lowest BCUT2D eigenvalue weighted by molar-refractivity contribution is -0.136. The maximum absolute atomic E-state index is 12.4. The van der Waals surface area contributed by atoms with E-state index in [2.05, 4.69) is 6.07 Å². The van der Waals surface area contributed by atoms with Crippen LogP contribution in [0.15, 0.2) is 48.0 Å². The summed E-state index contributed by atoms with van der Waals surface area (Å²) in [7, 11) is 1.31. The zero-order valence-electron chi connectivity index (χ0n) is 13.4. The number of nitrogens with two attached hydrogens (primary N) is 1. The molecule has 0 bridgehead atoms. The molecule has 6 nitrogen and oxygen atoms in total. The molecule has 0 spiro atoms. The molecule has 1 heterocycles. The Bertz CT molecular complexity index is 958. The van der Waals surface area contributed by atoms with Crippen LogP contribution in [0.4, 0.5) is 0 Å². The fourth-order valence-corrected chi connectivity index (χ4v) is 3.32. The minimum absolute atomic E-state index is 0.328. The molecule has 2 unspecified atom stereocenters. The molecule has 0 fully saturated rings. The van der Waals surface area contributed by atoms with E-state index in [9.17, 15) is 10.1 Å². The fraction of sp³-hybridized carbons (Fsp3) is 0.158. The van der Waals surface area contributed by atoms with Crippen LogP contribution in [0.25, 0.3) is 5.57 Å². The highest BCUT2D eigenvalue weighted by atomic mass is 16.7. The fourth-order valence-electron chi connectivity index (χ4n) is 3.32. The van der Waals surface area contributed by atoms with Gasteiger partial charge in [0, 0.05) is 5.57 Å². The molecule has 2 N–H and O–H groups in total. The number of carbonyl (C=O) groups is 1. The molecule has 1 aliphatic heterocycles. The molecule has 0 aromatic heterocycles. The zero-order chi connectivity index (χ0) is 17.6. The molecule has 1 aliphatic carbocycles. The van der Waals surface area contributed by atoms with Gasteiger partial charge in [0.15, 0.2) is 11.5 Å². The normalized spacial score (nSPS) is 20.2. The molecule has 25 heavy (non-hydrogen) atoms. The maximum atomic E-state index is 12.4. The first-order valence-corrected chi connectivity index (χ1v) is 7.68. The number of benzene rings is 2. The summed E-state index contributed by atoms with van der Waals surface area (Å²) in [5, 5.41) is 9.63. The van der Waals surface area contributed by atoms with Crippen LogP contribution in [-0.4, -0.2) is 19.5 Å². The Kier molecular flexibility index (Phi) is 3.45. The van der Waals surface area contributed by atoms with Crippen LogP contribution >= 0.6 is 0 Å². The second-order valence-electron chi connectivity index (χ2n) is 5.70. The van der Waals surface area contributed by atoms with Gasteiger partial charge in [0.05, 0.1) is 18.8 Å². The Labute approximate surface area is 144 Å². The van der Waals surface area contributed by atoms with Gasteiger partial charge in [0.1, 0.15) is 5.92 Å². The van der Waals surface area contributed by atoms with Gasteiger partial charge in [0.2, 0.25) is 0 Å². The van der Waals surface area contributed by atoms with E-state index in [1.807, 2.05) is 30.3 Å². The molecule has 2 atom stereocenters. The number of fused-ring (bicyclic) bond motifs is 2. The number of ether oxygens (including phenoxy) is 3. The van der Waals surface area contributed by atoms with E-state index in [4.69, 9.17) is 19.9 Å². The van der Waals surface area contributed by atoms with E-state index < -0.39 is 18.3 Å². The van der Waals surface area contributed by atoms with E-state index in [-0.39, 0.29) is 0 Å². The van der Waals surface area contributed by atoms with Crippen LogP contribution in [-0.2, 0) is 9.53 Å². The Balaban J connectivity index is 1.95. The third kappa shape index (κ3) is 2.25. The largest absolute Gasteiger partial charge is 0.466 e. The smallest absolute Gasteiger partial charge is 0.336 e. The lowest BCUT2D eigenvalue weighted by Gasteiger charge is -2.09. The number of nitriles is 1. The predicted molar refractivity (Wildman–Crippen MR) is 88.5 cm³/mol. The number of carbonyl (C=O) groups excluding carboxylic acids is 1. The number of rotatable bonds is 2. The molecule has 2 aromatic rings. The Hall–Kier alpha value is -3.30. The average Bonchev–Trinajstić information content (AvgIpc) is 3.16. The van der Waals surface area contributed by atoms with Gasteiger partial charge >= 0.3 is 5.97 Å². The molecule has 2 aromatic carbocycles. The van der Waals surface area contributed by atoms with Crippen LogP contribution < -0.4 is 15.2 Å². The van der Waals surface area contributed by atoms with Gasteiger partial charge in [-0.25, -0.2) is 4.79 Å². The lowest BCUT2D eigenvalue weighted by atomic mass is 9.96. The van der Waals surface area contributed by atoms with E-state index in [1.165, 1.54) is 7.11 Å². The van der Waals surface area contributed by atoms with Crippen molar-refractivity contribution in [1.29, 1.82) is 5.26 Å². The van der Waals surface area contributed by atoms with Crippen molar-refractivity contribution >= 4 is 11.5 Å². The highest BCUT2D eigenvalue weighted by molar-refractivity contribution is 6.07. The molecule has 0 saturated carbocycles. The van der Waals surface area contributed by atoms with Crippen LogP contribution in [0, 0.1) is 11.3 Å². The van der Waals surface area contributed by atoms with Gasteiger partial charge in [-0.05, 0) is 28.8 Å². The van der Waals surface area contributed by atoms with Crippen molar-refractivity contribution in [1.82, 2.24) is 0 Å². The predicted octanol–water partition coefficient (Wildman–Crippen LogP) is 2.30. The van der Waals surface area contributed by atoms with Crippen molar-refractivity contribution in [3.8, 4) is 17.6 Å². The van der Waals surface area contributed by atoms with Gasteiger partial charge in [-0.1, -0.05) is 30.3 Å². The average molecular weight is 334 g/mol. The molecule has 0 radical (unpaired) electrons. The Morgan fingerprint density at radius 3 is 2.72 bits per heavy atom. The summed E-state index contributed by atoms with van der Waals surface area (Å²) in [6.45, 7) is 0. The quantitative estimate of drug-likeness (QED) is 0.847. The summed E-state index contributed by atoms with van der Waals surface area (Å²) in [5.74, 6) is -0.155. The molecule has 124 valence electrons. The van der Waals surface area contributed by atoms with Crippen LogP contribution in [0.3, 0.4) is 0 Å². The van der Waals surface area contributed by atoms with Crippen molar-refractivity contribution in [2.24, 2.45) is 5.73 Å². The van der Waals surface area contributed by atoms with E-state index in [0.29, 0.717) is 22.6 Å². The Morgan fingerprint density at radius 2 is 1.96 bits per heavy atom. The Morgan fingerprint density at radius 1 is 1.20 bits per heavy atom. The maximum Gasteiger partial charge on any atom is 0.336 e. The molecule has 0 amide bonds. The van der Waals surface area contributed by atoms with Gasteiger partial charge < -0.3 is 14.2 Å². The van der Waals surface area contributed by atoms with Crippen LogP contribution in [0.2, 0.25) is 0 Å². The van der Waals surface area contributed by atoms with Crippen molar-refractivity contribution < 1.29 is 19.0 Å². The third-order valence-corrected chi connectivity index (χ3v) is 4.35. The summed E-state index contributed by atoms with van der Waals surface area (Å²) in [4.78, 5) is 12.4. The molecular formula is C19H14N2O4. The molecule has 2 aliphatic rings. The standard InChI is InChI=1S/C19H14N2O4/c1-23-18(22)17-13(9-20)11-4-2-3-5-12(11)16(17)10-6-7-14-15(8-10)25-19(21)24-14/h2-8,13,19H,21H2,1H3. The first-order chi connectivity index (χ1) is 12.1. The SMILES string of the molecule is COC(=O)C1=C(c2ccc3c(c2)OC(N)O3)c2ccccc2C1C#N. The number of nitrogens with zero attached hydrogens (tertiary/aromatic N) is 1. The van der Waals surface area contributed by atoms with Gasteiger partial charge in [-0.15, -0.1) is 0 Å². The number of esters is 1. The second-order valence-corrected chi connectivity index (χ2v) is 5.70. The van der Waals surface area contributed by atoms with Gasteiger partial charge in [-0.2, -0.15) is 5.26 Å². The van der Waals surface area contributed by atoms with Crippen molar-refractivity contribution in [2.75, 3.05) is 7.11 Å². The summed E-state index contributed by atoms with van der Waals surface area (Å²) in [6.07, 6.45) is -0.845. The van der Waals surface area contributed by atoms with E-state index in [0.717, 1.165) is 16.7 Å². The summed E-state index contributed by atoms with van der Waals surface area (Å²) >= 11 is 0. The monoisotopic (exact) mass is 334 g/mol. The summed E-state index contributed by atoms with van der Waals surface area (Å²) in [6, 6.07) is 15.0. The number of hydrogen-bond donors (Lipinski definition) is 1. The van der Waals surface area contributed by atoms with Crippen LogP contribution in [0.5, 0.6) is 11.5 Å². The molecule has 4 rings (SSSR count). The highest BCUT2D eigenvalue weighted by Crippen LogP contribution is 2.47. The van der Waals surface area contributed by atoms with Crippen molar-refractivity contribution in [3.63, 3.8) is 0 Å². The van der Waals surface area contributed by atoms with Crippen LogP contribution in [0.1, 0.15) is 22.6 Å². The van der Waals surface area contributed by atoms with Gasteiger partial charge in [-0.3, -0.25) is 5.73 Å². The number of methoxy groups -OCH3 is 1. The molecular weight excluding hydrogens is 320 g/mol. The first kappa shape index (κ1) is 15.2. The zero-order valence-corrected chi connectivity index (χ0v) is 13.4. The topological polar surface area (TPSA) is 94.6 Å². The van der Waals surface area contributed by atoms with Crippen molar-refractivity contribution in [3.05, 3.63) is 64.7 Å². The highest BCUT2D eigenvalue weighted by Gasteiger charge is 2.37. The van der Waals surface area contributed by atoms with E-state index in [1.54, 1.807) is 12.1 Å². The second kappa shape index (κ2) is 5.65. The third-order valence-electron chi connectivity index (χ3n) is 4.35. The summed E-state index contributed by atoms with van der Waals surface area (Å²) < 4.78 is 15.7. The lowest BCUT2D eigenvalue weighted by Crippen LogP contribution is -2.28.